The van der Waals surface area contributed by atoms with Gasteiger partial charge in [0, 0.05) is 63.4 Å². The second kappa shape index (κ2) is 6.57. The third-order valence-electron chi connectivity index (χ3n) is 4.98. The molecule has 0 N–H and O–H groups in total. The third kappa shape index (κ3) is 3.06. The number of benzene rings is 1. The van der Waals surface area contributed by atoms with Crippen molar-refractivity contribution in [3.63, 3.8) is 0 Å². The lowest BCUT2D eigenvalue weighted by molar-refractivity contribution is 0.157. The molecule has 4 nitrogen and oxygen atoms in total. The van der Waals surface area contributed by atoms with E-state index in [1.807, 2.05) is 18.2 Å². The van der Waals surface area contributed by atoms with E-state index in [1.54, 1.807) is 12.4 Å². The van der Waals surface area contributed by atoms with Crippen molar-refractivity contribution in [1.82, 2.24) is 9.88 Å². The van der Waals surface area contributed by atoms with Crippen molar-refractivity contribution in [2.24, 2.45) is 0 Å². The molecule has 0 spiro atoms. The number of aromatic nitrogens is 1. The van der Waals surface area contributed by atoms with Crippen LogP contribution >= 0.6 is 11.6 Å². The molecule has 0 atom stereocenters. The van der Waals surface area contributed by atoms with Crippen LogP contribution in [-0.4, -0.2) is 55.2 Å². The molecule has 2 aromatic rings. The fourth-order valence-corrected chi connectivity index (χ4v) is 3.74. The van der Waals surface area contributed by atoms with Crippen LogP contribution in [0.4, 0.5) is 15.8 Å². The SMILES string of the molecule is Fc1ccc(N2CCN(C3CN(c4ccncc4Cl)C3)CC2)cc1. The smallest absolute Gasteiger partial charge is 0.123 e. The molecule has 1 aromatic carbocycles. The molecule has 0 saturated carbocycles. The average molecular weight is 347 g/mol. The number of rotatable bonds is 3. The quantitative estimate of drug-likeness (QED) is 0.852. The van der Waals surface area contributed by atoms with Gasteiger partial charge in [-0.15, -0.1) is 0 Å². The molecule has 6 heteroatoms. The number of anilines is 2. The summed E-state index contributed by atoms with van der Waals surface area (Å²) < 4.78 is 13.0. The van der Waals surface area contributed by atoms with E-state index in [1.165, 1.54) is 12.1 Å². The first kappa shape index (κ1) is 15.7. The van der Waals surface area contributed by atoms with Gasteiger partial charge in [0.2, 0.25) is 0 Å². The number of nitrogens with zero attached hydrogens (tertiary/aromatic N) is 4. The van der Waals surface area contributed by atoms with Crippen LogP contribution in [0.25, 0.3) is 0 Å². The molecule has 0 amide bonds. The molecule has 2 aliphatic heterocycles. The van der Waals surface area contributed by atoms with Gasteiger partial charge in [-0.05, 0) is 30.3 Å². The van der Waals surface area contributed by atoms with Crippen LogP contribution in [0.5, 0.6) is 0 Å². The van der Waals surface area contributed by atoms with Crippen LogP contribution in [0.1, 0.15) is 0 Å². The summed E-state index contributed by atoms with van der Waals surface area (Å²) in [6.45, 7) is 6.08. The lowest BCUT2D eigenvalue weighted by atomic mass is 10.0. The van der Waals surface area contributed by atoms with Gasteiger partial charge in [-0.3, -0.25) is 9.88 Å². The molecule has 3 heterocycles. The predicted molar refractivity (Wildman–Crippen MR) is 95.4 cm³/mol. The fraction of sp³-hybridized carbons (Fsp3) is 0.389. The van der Waals surface area contributed by atoms with Crippen molar-refractivity contribution in [2.45, 2.75) is 6.04 Å². The van der Waals surface area contributed by atoms with Crippen LogP contribution in [0.2, 0.25) is 5.02 Å². The second-order valence-corrected chi connectivity index (χ2v) is 6.79. The number of halogens is 2. The maximum absolute atomic E-state index is 13.0. The highest BCUT2D eigenvalue weighted by molar-refractivity contribution is 6.33. The lowest BCUT2D eigenvalue weighted by Crippen LogP contribution is -2.63. The predicted octanol–water partition coefficient (Wildman–Crippen LogP) is 2.88. The lowest BCUT2D eigenvalue weighted by Gasteiger charge is -2.49. The van der Waals surface area contributed by atoms with Crippen LogP contribution in [0, 0.1) is 5.82 Å². The maximum Gasteiger partial charge on any atom is 0.123 e. The first-order chi connectivity index (χ1) is 11.7. The standard InChI is InChI=1S/C18H20ClFN4/c19-17-11-21-6-5-18(17)24-12-16(13-24)23-9-7-22(8-10-23)15-3-1-14(20)2-4-15/h1-6,11,16H,7-10,12-13H2. The van der Waals surface area contributed by atoms with Gasteiger partial charge in [0.15, 0.2) is 0 Å². The van der Waals surface area contributed by atoms with Crippen LogP contribution in [-0.2, 0) is 0 Å². The summed E-state index contributed by atoms with van der Waals surface area (Å²) in [4.78, 5) is 11.2. The van der Waals surface area contributed by atoms with Gasteiger partial charge in [-0.2, -0.15) is 0 Å². The minimum absolute atomic E-state index is 0.179. The summed E-state index contributed by atoms with van der Waals surface area (Å²) in [6, 6.07) is 9.35. The molecule has 4 rings (SSSR count). The Kier molecular flexibility index (Phi) is 4.29. The molecular formula is C18H20ClFN4. The van der Waals surface area contributed by atoms with Crippen molar-refractivity contribution < 1.29 is 4.39 Å². The Bertz CT molecular complexity index is 694. The summed E-state index contributed by atoms with van der Waals surface area (Å²) >= 11 is 6.21. The summed E-state index contributed by atoms with van der Waals surface area (Å²) in [6.07, 6.45) is 3.49. The first-order valence-corrected chi connectivity index (χ1v) is 8.67. The van der Waals surface area contributed by atoms with Gasteiger partial charge in [-0.1, -0.05) is 11.6 Å². The van der Waals surface area contributed by atoms with Crippen molar-refractivity contribution in [1.29, 1.82) is 0 Å². The van der Waals surface area contributed by atoms with Gasteiger partial charge < -0.3 is 9.80 Å². The zero-order valence-corrected chi connectivity index (χ0v) is 14.2. The number of piperazine rings is 1. The highest BCUT2D eigenvalue weighted by Gasteiger charge is 2.34. The van der Waals surface area contributed by atoms with Crippen molar-refractivity contribution in [3.8, 4) is 0 Å². The Morgan fingerprint density at radius 3 is 2.33 bits per heavy atom. The highest BCUT2D eigenvalue weighted by atomic mass is 35.5. The minimum atomic E-state index is -0.179. The summed E-state index contributed by atoms with van der Waals surface area (Å²) in [5.74, 6) is -0.179. The Morgan fingerprint density at radius 2 is 1.67 bits per heavy atom. The molecule has 1 aromatic heterocycles. The summed E-state index contributed by atoms with van der Waals surface area (Å²) in [5, 5.41) is 0.720. The second-order valence-electron chi connectivity index (χ2n) is 6.39. The van der Waals surface area contributed by atoms with E-state index in [9.17, 15) is 4.39 Å². The maximum atomic E-state index is 13.0. The molecule has 2 fully saturated rings. The average Bonchev–Trinajstić information content (AvgIpc) is 2.57. The van der Waals surface area contributed by atoms with Gasteiger partial charge >= 0.3 is 0 Å². The Hall–Kier alpha value is -1.85. The van der Waals surface area contributed by atoms with E-state index in [2.05, 4.69) is 19.7 Å². The fourth-order valence-electron chi connectivity index (χ4n) is 3.50. The molecule has 0 aliphatic carbocycles. The molecule has 2 aliphatic rings. The topological polar surface area (TPSA) is 22.6 Å². The largest absolute Gasteiger partial charge is 0.369 e. The van der Waals surface area contributed by atoms with E-state index in [-0.39, 0.29) is 5.82 Å². The summed E-state index contributed by atoms with van der Waals surface area (Å²) in [7, 11) is 0. The molecule has 24 heavy (non-hydrogen) atoms. The molecule has 126 valence electrons. The van der Waals surface area contributed by atoms with Crippen molar-refractivity contribution in [3.05, 3.63) is 53.6 Å². The molecular weight excluding hydrogens is 327 g/mol. The molecule has 0 bridgehead atoms. The number of pyridine rings is 1. The van der Waals surface area contributed by atoms with Gasteiger partial charge in [0.25, 0.3) is 0 Å². The van der Waals surface area contributed by atoms with Crippen LogP contribution < -0.4 is 9.80 Å². The zero-order valence-electron chi connectivity index (χ0n) is 13.4. The van der Waals surface area contributed by atoms with E-state index >= 15 is 0 Å². The third-order valence-corrected chi connectivity index (χ3v) is 5.27. The zero-order chi connectivity index (χ0) is 16.5. The molecule has 0 unspecified atom stereocenters. The van der Waals surface area contributed by atoms with Gasteiger partial charge in [0.1, 0.15) is 5.82 Å². The van der Waals surface area contributed by atoms with Crippen molar-refractivity contribution >= 4 is 23.0 Å². The number of hydrogen-bond donors (Lipinski definition) is 0. The van der Waals surface area contributed by atoms with Crippen molar-refractivity contribution in [2.75, 3.05) is 49.1 Å². The minimum Gasteiger partial charge on any atom is -0.369 e. The number of hydrogen-bond acceptors (Lipinski definition) is 4. The van der Waals surface area contributed by atoms with Gasteiger partial charge in [0.05, 0.1) is 10.7 Å². The van der Waals surface area contributed by atoms with E-state index in [0.29, 0.717) is 6.04 Å². The van der Waals surface area contributed by atoms with Gasteiger partial charge in [-0.25, -0.2) is 4.39 Å². The Labute approximate surface area is 146 Å². The molecule has 2 saturated heterocycles. The Balaban J connectivity index is 1.30. The van der Waals surface area contributed by atoms with Crippen LogP contribution in [0.15, 0.2) is 42.7 Å². The highest BCUT2D eigenvalue weighted by Crippen LogP contribution is 2.30. The normalized spacial score (nSPS) is 19.4. The monoisotopic (exact) mass is 346 g/mol. The molecule has 0 radical (unpaired) electrons. The summed E-state index contributed by atoms with van der Waals surface area (Å²) in [5.41, 5.74) is 2.18. The van der Waals surface area contributed by atoms with Crippen LogP contribution in [0.3, 0.4) is 0 Å². The first-order valence-electron chi connectivity index (χ1n) is 8.30. The Morgan fingerprint density at radius 1 is 0.958 bits per heavy atom. The van der Waals surface area contributed by atoms with E-state index in [0.717, 1.165) is 55.7 Å². The van der Waals surface area contributed by atoms with E-state index in [4.69, 9.17) is 11.6 Å². The van der Waals surface area contributed by atoms with E-state index < -0.39 is 0 Å².